The molecule has 0 radical (unpaired) electrons. The van der Waals surface area contributed by atoms with E-state index >= 15 is 0 Å². The average molecular weight is 240 g/mol. The fourth-order valence-electron chi connectivity index (χ4n) is 3.30. The molecule has 100 valence electrons. The zero-order chi connectivity index (χ0) is 12.1. The van der Waals surface area contributed by atoms with Gasteiger partial charge in [-0.25, -0.2) is 0 Å². The van der Waals surface area contributed by atoms with Crippen molar-refractivity contribution in [3.63, 3.8) is 0 Å². The number of nitrogens with zero attached hydrogens (tertiary/aromatic N) is 1. The second kappa shape index (κ2) is 6.72. The van der Waals surface area contributed by atoms with Gasteiger partial charge in [0.2, 0.25) is 0 Å². The van der Waals surface area contributed by atoms with Crippen LogP contribution in [0.25, 0.3) is 0 Å². The summed E-state index contributed by atoms with van der Waals surface area (Å²) in [5.41, 5.74) is 0. The monoisotopic (exact) mass is 240 g/mol. The van der Waals surface area contributed by atoms with Crippen LogP contribution < -0.4 is 5.32 Å². The molecule has 2 unspecified atom stereocenters. The summed E-state index contributed by atoms with van der Waals surface area (Å²) in [5.74, 6) is 1.75. The maximum absolute atomic E-state index is 5.37. The standard InChI is InChI=1S/C14H28N2O/c1-12-9-13(2)11-16(10-12)6-5-15-14-3-7-17-8-4-14/h12-15H,3-11H2,1-2H3. The average Bonchev–Trinajstić information content (AvgIpc) is 2.29. The number of likely N-dealkylation sites (tertiary alicyclic amines) is 1. The highest BCUT2D eigenvalue weighted by Crippen LogP contribution is 2.20. The van der Waals surface area contributed by atoms with E-state index < -0.39 is 0 Å². The topological polar surface area (TPSA) is 24.5 Å². The van der Waals surface area contributed by atoms with Gasteiger partial charge in [-0.05, 0) is 31.1 Å². The molecule has 2 aliphatic rings. The van der Waals surface area contributed by atoms with E-state index in [0.717, 1.165) is 31.6 Å². The molecule has 2 rings (SSSR count). The molecule has 2 heterocycles. The SMILES string of the molecule is CC1CC(C)CN(CCNC2CCOCC2)C1. The molecule has 0 amide bonds. The van der Waals surface area contributed by atoms with Gasteiger partial charge in [0, 0.05) is 45.4 Å². The quantitative estimate of drug-likeness (QED) is 0.810. The Labute approximate surface area is 106 Å². The van der Waals surface area contributed by atoms with Gasteiger partial charge in [0.15, 0.2) is 0 Å². The molecule has 0 aromatic carbocycles. The molecule has 1 N–H and O–H groups in total. The zero-order valence-corrected chi connectivity index (χ0v) is 11.5. The maximum atomic E-state index is 5.37. The van der Waals surface area contributed by atoms with Gasteiger partial charge in [-0.2, -0.15) is 0 Å². The van der Waals surface area contributed by atoms with Gasteiger partial charge >= 0.3 is 0 Å². The van der Waals surface area contributed by atoms with Crippen LogP contribution in [0.4, 0.5) is 0 Å². The van der Waals surface area contributed by atoms with Crippen molar-refractivity contribution >= 4 is 0 Å². The molecule has 2 atom stereocenters. The first-order valence-electron chi connectivity index (χ1n) is 7.27. The number of nitrogens with one attached hydrogen (secondary N) is 1. The number of rotatable bonds is 4. The molecule has 0 aromatic rings. The third-order valence-electron chi connectivity index (χ3n) is 4.03. The van der Waals surface area contributed by atoms with Crippen LogP contribution >= 0.6 is 0 Å². The summed E-state index contributed by atoms with van der Waals surface area (Å²) in [7, 11) is 0. The Morgan fingerprint density at radius 2 is 1.76 bits per heavy atom. The Morgan fingerprint density at radius 3 is 2.41 bits per heavy atom. The van der Waals surface area contributed by atoms with Crippen molar-refractivity contribution in [3.8, 4) is 0 Å². The second-order valence-electron chi connectivity index (χ2n) is 6.05. The van der Waals surface area contributed by atoms with E-state index in [2.05, 4.69) is 24.1 Å². The first-order chi connectivity index (χ1) is 8.24. The summed E-state index contributed by atoms with van der Waals surface area (Å²) >= 11 is 0. The van der Waals surface area contributed by atoms with E-state index in [0.29, 0.717) is 6.04 Å². The van der Waals surface area contributed by atoms with E-state index in [1.54, 1.807) is 0 Å². The second-order valence-corrected chi connectivity index (χ2v) is 6.05. The van der Waals surface area contributed by atoms with Crippen LogP contribution in [0.3, 0.4) is 0 Å². The molecule has 2 aliphatic heterocycles. The zero-order valence-electron chi connectivity index (χ0n) is 11.5. The lowest BCUT2D eigenvalue weighted by Gasteiger charge is -2.35. The highest BCUT2D eigenvalue weighted by atomic mass is 16.5. The highest BCUT2D eigenvalue weighted by Gasteiger charge is 2.21. The van der Waals surface area contributed by atoms with Crippen molar-refractivity contribution < 1.29 is 4.74 Å². The molecule has 0 bridgehead atoms. The largest absolute Gasteiger partial charge is 0.381 e. The van der Waals surface area contributed by atoms with Crippen molar-refractivity contribution in [2.45, 2.75) is 39.2 Å². The fourth-order valence-corrected chi connectivity index (χ4v) is 3.30. The van der Waals surface area contributed by atoms with Crippen molar-refractivity contribution in [2.24, 2.45) is 11.8 Å². The van der Waals surface area contributed by atoms with E-state index in [1.807, 2.05) is 0 Å². The van der Waals surface area contributed by atoms with Crippen molar-refractivity contribution in [3.05, 3.63) is 0 Å². The van der Waals surface area contributed by atoms with Crippen molar-refractivity contribution in [2.75, 3.05) is 39.4 Å². The lowest BCUT2D eigenvalue weighted by atomic mass is 9.92. The normalized spacial score (nSPS) is 32.8. The van der Waals surface area contributed by atoms with Crippen molar-refractivity contribution in [1.29, 1.82) is 0 Å². The van der Waals surface area contributed by atoms with Gasteiger partial charge in [-0.1, -0.05) is 13.8 Å². The molecule has 0 saturated carbocycles. The van der Waals surface area contributed by atoms with E-state index in [-0.39, 0.29) is 0 Å². The molecular weight excluding hydrogens is 212 g/mol. The molecule has 3 heteroatoms. The first-order valence-corrected chi connectivity index (χ1v) is 7.27. The van der Waals surface area contributed by atoms with Crippen LogP contribution in [0.2, 0.25) is 0 Å². The lowest BCUT2D eigenvalue weighted by molar-refractivity contribution is 0.0757. The lowest BCUT2D eigenvalue weighted by Crippen LogP contribution is -2.44. The minimum Gasteiger partial charge on any atom is -0.381 e. The summed E-state index contributed by atoms with van der Waals surface area (Å²) in [5, 5.41) is 3.68. The van der Waals surface area contributed by atoms with Crippen LogP contribution in [-0.2, 0) is 4.74 Å². The Morgan fingerprint density at radius 1 is 1.12 bits per heavy atom. The van der Waals surface area contributed by atoms with Gasteiger partial charge in [-0.3, -0.25) is 0 Å². The molecule has 2 fully saturated rings. The first kappa shape index (κ1) is 13.3. The Balaban J connectivity index is 1.60. The molecule has 0 aromatic heterocycles. The molecule has 17 heavy (non-hydrogen) atoms. The molecule has 2 saturated heterocycles. The molecular formula is C14H28N2O. The summed E-state index contributed by atoms with van der Waals surface area (Å²) in [6, 6.07) is 0.698. The third kappa shape index (κ3) is 4.57. The van der Waals surface area contributed by atoms with Crippen molar-refractivity contribution in [1.82, 2.24) is 10.2 Å². The van der Waals surface area contributed by atoms with Gasteiger partial charge in [0.25, 0.3) is 0 Å². The molecule has 0 aliphatic carbocycles. The van der Waals surface area contributed by atoms with Crippen LogP contribution in [0.1, 0.15) is 33.1 Å². The predicted octanol–water partition coefficient (Wildman–Crippen LogP) is 1.73. The highest BCUT2D eigenvalue weighted by molar-refractivity contribution is 4.76. The number of ether oxygens (including phenoxy) is 1. The molecule has 3 nitrogen and oxygen atoms in total. The Bertz CT molecular complexity index is 206. The predicted molar refractivity (Wildman–Crippen MR) is 71.2 cm³/mol. The van der Waals surface area contributed by atoms with Crippen LogP contribution in [-0.4, -0.2) is 50.3 Å². The minimum absolute atomic E-state index is 0.698. The van der Waals surface area contributed by atoms with Gasteiger partial charge in [-0.15, -0.1) is 0 Å². The molecule has 0 spiro atoms. The maximum Gasteiger partial charge on any atom is 0.0480 e. The summed E-state index contributed by atoms with van der Waals surface area (Å²) in [6.07, 6.45) is 3.78. The van der Waals surface area contributed by atoms with Crippen LogP contribution in [0, 0.1) is 11.8 Å². The fraction of sp³-hybridized carbons (Fsp3) is 1.00. The Kier molecular flexibility index (Phi) is 5.26. The third-order valence-corrected chi connectivity index (χ3v) is 4.03. The minimum atomic E-state index is 0.698. The summed E-state index contributed by atoms with van der Waals surface area (Å²) in [4.78, 5) is 2.63. The van der Waals surface area contributed by atoms with E-state index in [1.165, 1.54) is 38.9 Å². The summed E-state index contributed by atoms with van der Waals surface area (Å²) < 4.78 is 5.37. The van der Waals surface area contributed by atoms with E-state index in [4.69, 9.17) is 4.74 Å². The van der Waals surface area contributed by atoms with Crippen LogP contribution in [0.15, 0.2) is 0 Å². The van der Waals surface area contributed by atoms with E-state index in [9.17, 15) is 0 Å². The smallest absolute Gasteiger partial charge is 0.0480 e. The summed E-state index contributed by atoms with van der Waals surface area (Å²) in [6.45, 7) is 11.6. The van der Waals surface area contributed by atoms with Crippen LogP contribution in [0.5, 0.6) is 0 Å². The number of piperidine rings is 1. The van der Waals surface area contributed by atoms with Gasteiger partial charge in [0.05, 0.1) is 0 Å². The van der Waals surface area contributed by atoms with Gasteiger partial charge < -0.3 is 15.0 Å². The number of hydrogen-bond acceptors (Lipinski definition) is 3. The Hall–Kier alpha value is -0.120. The van der Waals surface area contributed by atoms with Gasteiger partial charge in [0.1, 0.15) is 0 Å². The number of hydrogen-bond donors (Lipinski definition) is 1.